The van der Waals surface area contributed by atoms with Gasteiger partial charge in [-0.25, -0.2) is 4.98 Å². The van der Waals surface area contributed by atoms with Gasteiger partial charge in [-0.2, -0.15) is 17.5 Å². The molecule has 0 saturated heterocycles. The summed E-state index contributed by atoms with van der Waals surface area (Å²) in [6, 6.07) is 5.52. The topological polar surface area (TPSA) is 37.8 Å². The zero-order valence-corrected chi connectivity index (χ0v) is 12.8. The average molecular weight is 315 g/mol. The number of aromatic nitrogens is 2. The predicted octanol–water partition coefficient (Wildman–Crippen LogP) is 4.47. The molecule has 2 rings (SSSR count). The van der Waals surface area contributed by atoms with Gasteiger partial charge >= 0.3 is 6.18 Å². The molecular weight excluding hydrogens is 299 g/mol. The molecule has 0 amide bonds. The van der Waals surface area contributed by atoms with Crippen LogP contribution >= 0.6 is 11.5 Å². The average Bonchev–Trinajstić information content (AvgIpc) is 2.84. The molecule has 114 valence electrons. The number of benzene rings is 1. The molecule has 1 N–H and O–H groups in total. The summed E-state index contributed by atoms with van der Waals surface area (Å²) < 4.78 is 42.9. The highest BCUT2D eigenvalue weighted by molar-refractivity contribution is 7.09. The lowest BCUT2D eigenvalue weighted by atomic mass is 9.96. The van der Waals surface area contributed by atoms with E-state index in [-0.39, 0.29) is 17.5 Å². The molecule has 0 aliphatic heterocycles. The van der Waals surface area contributed by atoms with E-state index in [1.165, 1.54) is 12.1 Å². The highest BCUT2D eigenvalue weighted by Crippen LogP contribution is 2.32. The van der Waals surface area contributed by atoms with Crippen molar-refractivity contribution < 1.29 is 13.2 Å². The number of nitrogens with zero attached hydrogens (tertiary/aromatic N) is 2. The molecule has 0 aliphatic carbocycles. The number of anilines is 1. The first kappa shape index (κ1) is 15.8. The molecule has 0 aliphatic rings. The monoisotopic (exact) mass is 315 g/mol. The van der Waals surface area contributed by atoms with Crippen LogP contribution in [0.1, 0.15) is 37.7 Å². The van der Waals surface area contributed by atoms with Gasteiger partial charge in [-0.1, -0.05) is 39.0 Å². The molecule has 0 spiro atoms. The minimum atomic E-state index is -4.35. The Morgan fingerprint density at radius 2 is 1.81 bits per heavy atom. The van der Waals surface area contributed by atoms with Gasteiger partial charge in [-0.05, 0) is 11.6 Å². The number of rotatable bonds is 3. The lowest BCUT2D eigenvalue weighted by Gasteiger charge is -2.13. The Morgan fingerprint density at radius 1 is 1.14 bits per heavy atom. The lowest BCUT2D eigenvalue weighted by molar-refractivity contribution is -0.138. The molecule has 0 bridgehead atoms. The first-order valence-electron chi connectivity index (χ1n) is 6.41. The van der Waals surface area contributed by atoms with E-state index in [1.807, 2.05) is 20.8 Å². The van der Waals surface area contributed by atoms with Gasteiger partial charge in [0.05, 0.1) is 5.56 Å². The molecule has 0 saturated carbocycles. The Balaban J connectivity index is 2.12. The first-order valence-corrected chi connectivity index (χ1v) is 7.18. The second kappa shape index (κ2) is 5.63. The van der Waals surface area contributed by atoms with Gasteiger partial charge in [0.15, 0.2) is 0 Å². The van der Waals surface area contributed by atoms with Crippen molar-refractivity contribution in [1.29, 1.82) is 0 Å². The standard InChI is InChI=1S/C14H16F3N3S/c1-13(2,3)11-19-12(21-20-11)18-8-9-6-4-5-7-10(9)14(15,16)17/h4-7H,8H2,1-3H3,(H,18,19,20). The van der Waals surface area contributed by atoms with Crippen LogP contribution in [0.15, 0.2) is 24.3 Å². The third kappa shape index (κ3) is 3.93. The van der Waals surface area contributed by atoms with Crippen LogP contribution in [-0.4, -0.2) is 9.36 Å². The summed E-state index contributed by atoms with van der Waals surface area (Å²) in [5.74, 6) is 0.680. The Hall–Kier alpha value is -1.63. The molecule has 0 atom stereocenters. The number of nitrogens with one attached hydrogen (secondary N) is 1. The van der Waals surface area contributed by atoms with Crippen LogP contribution in [0.4, 0.5) is 18.3 Å². The van der Waals surface area contributed by atoms with Crippen molar-refractivity contribution in [1.82, 2.24) is 9.36 Å². The van der Waals surface area contributed by atoms with Gasteiger partial charge in [0, 0.05) is 23.5 Å². The van der Waals surface area contributed by atoms with Gasteiger partial charge in [-0.15, -0.1) is 0 Å². The highest BCUT2D eigenvalue weighted by atomic mass is 32.1. The smallest absolute Gasteiger partial charge is 0.356 e. The van der Waals surface area contributed by atoms with Crippen molar-refractivity contribution in [3.8, 4) is 0 Å². The molecule has 1 aromatic carbocycles. The highest BCUT2D eigenvalue weighted by Gasteiger charge is 2.32. The van der Waals surface area contributed by atoms with Crippen LogP contribution in [0, 0.1) is 0 Å². The largest absolute Gasteiger partial charge is 0.416 e. The maximum atomic E-state index is 12.9. The Kier molecular flexibility index (Phi) is 4.22. The maximum absolute atomic E-state index is 12.9. The summed E-state index contributed by atoms with van der Waals surface area (Å²) in [5.41, 5.74) is -0.615. The molecule has 7 heteroatoms. The van der Waals surface area contributed by atoms with Crippen molar-refractivity contribution in [2.45, 2.75) is 38.9 Å². The van der Waals surface area contributed by atoms with E-state index in [2.05, 4.69) is 14.7 Å². The molecule has 0 unspecified atom stereocenters. The number of hydrogen-bond donors (Lipinski definition) is 1. The Morgan fingerprint density at radius 3 is 2.38 bits per heavy atom. The van der Waals surface area contributed by atoms with Crippen LogP contribution in [0.2, 0.25) is 0 Å². The summed E-state index contributed by atoms with van der Waals surface area (Å²) in [6.07, 6.45) is -4.35. The fourth-order valence-electron chi connectivity index (χ4n) is 1.72. The van der Waals surface area contributed by atoms with E-state index >= 15 is 0 Å². The zero-order chi connectivity index (χ0) is 15.7. The fraction of sp³-hybridized carbons (Fsp3) is 0.429. The summed E-state index contributed by atoms with van der Waals surface area (Å²) >= 11 is 1.16. The van der Waals surface area contributed by atoms with Crippen molar-refractivity contribution in [2.24, 2.45) is 0 Å². The van der Waals surface area contributed by atoms with Crippen LogP contribution < -0.4 is 5.32 Å². The van der Waals surface area contributed by atoms with E-state index < -0.39 is 11.7 Å². The minimum Gasteiger partial charge on any atom is -0.356 e. The third-order valence-corrected chi connectivity index (χ3v) is 3.52. The minimum absolute atomic E-state index is 0.0639. The predicted molar refractivity (Wildman–Crippen MR) is 77.4 cm³/mol. The first-order chi connectivity index (χ1) is 9.68. The van der Waals surface area contributed by atoms with Crippen LogP contribution in [-0.2, 0) is 18.1 Å². The van der Waals surface area contributed by atoms with E-state index in [9.17, 15) is 13.2 Å². The van der Waals surface area contributed by atoms with E-state index in [0.29, 0.717) is 11.0 Å². The Bertz CT molecular complexity index is 614. The molecule has 2 aromatic rings. The molecule has 21 heavy (non-hydrogen) atoms. The molecule has 3 nitrogen and oxygen atoms in total. The second-order valence-corrected chi connectivity index (χ2v) is 6.43. The molecule has 0 radical (unpaired) electrons. The summed E-state index contributed by atoms with van der Waals surface area (Å²) in [4.78, 5) is 4.30. The van der Waals surface area contributed by atoms with E-state index in [4.69, 9.17) is 0 Å². The molecule has 0 fully saturated rings. The molecular formula is C14H16F3N3S. The van der Waals surface area contributed by atoms with Crippen molar-refractivity contribution in [3.05, 3.63) is 41.2 Å². The fourth-order valence-corrected chi connectivity index (χ4v) is 2.47. The van der Waals surface area contributed by atoms with Crippen LogP contribution in [0.3, 0.4) is 0 Å². The van der Waals surface area contributed by atoms with Crippen molar-refractivity contribution in [2.75, 3.05) is 5.32 Å². The van der Waals surface area contributed by atoms with Crippen molar-refractivity contribution in [3.63, 3.8) is 0 Å². The summed E-state index contributed by atoms with van der Waals surface area (Å²) in [6.45, 7) is 6.02. The maximum Gasteiger partial charge on any atom is 0.416 e. The molecule has 1 heterocycles. The van der Waals surface area contributed by atoms with Gasteiger partial charge < -0.3 is 5.32 Å². The third-order valence-electron chi connectivity index (χ3n) is 2.85. The summed E-state index contributed by atoms with van der Waals surface area (Å²) in [7, 11) is 0. The normalized spacial score (nSPS) is 12.5. The van der Waals surface area contributed by atoms with Gasteiger partial charge in [-0.3, -0.25) is 0 Å². The van der Waals surface area contributed by atoms with E-state index in [0.717, 1.165) is 17.6 Å². The number of hydrogen-bond acceptors (Lipinski definition) is 4. The van der Waals surface area contributed by atoms with E-state index in [1.54, 1.807) is 6.07 Å². The lowest BCUT2D eigenvalue weighted by Crippen LogP contribution is -2.14. The molecule has 1 aromatic heterocycles. The van der Waals surface area contributed by atoms with Crippen LogP contribution in [0.5, 0.6) is 0 Å². The number of halogens is 3. The van der Waals surface area contributed by atoms with Gasteiger partial charge in [0.25, 0.3) is 0 Å². The SMILES string of the molecule is CC(C)(C)c1nsc(NCc2ccccc2C(F)(F)F)n1. The van der Waals surface area contributed by atoms with Crippen molar-refractivity contribution >= 4 is 16.7 Å². The quantitative estimate of drug-likeness (QED) is 0.908. The van der Waals surface area contributed by atoms with Gasteiger partial charge in [0.1, 0.15) is 5.82 Å². The van der Waals surface area contributed by atoms with Gasteiger partial charge in [0.2, 0.25) is 5.13 Å². The number of alkyl halides is 3. The zero-order valence-electron chi connectivity index (χ0n) is 12.0. The van der Waals surface area contributed by atoms with Crippen LogP contribution in [0.25, 0.3) is 0 Å². The Labute approximate surface area is 125 Å². The second-order valence-electron chi connectivity index (χ2n) is 5.68. The summed E-state index contributed by atoms with van der Waals surface area (Å²) in [5, 5.41) is 3.44.